The molecule has 0 aliphatic carbocycles. The monoisotopic (exact) mass is 231 g/mol. The Morgan fingerprint density at radius 2 is 2.13 bits per heavy atom. The molecule has 0 aromatic heterocycles. The van der Waals surface area contributed by atoms with Crippen LogP contribution >= 0.6 is 11.6 Å². The predicted octanol–water partition coefficient (Wildman–Crippen LogP) is 2.34. The predicted molar refractivity (Wildman–Crippen MR) is 59.4 cm³/mol. The minimum absolute atomic E-state index is 0.152. The van der Waals surface area contributed by atoms with E-state index in [4.69, 9.17) is 16.7 Å². The summed E-state index contributed by atoms with van der Waals surface area (Å²) in [4.78, 5) is 0. The van der Waals surface area contributed by atoms with Gasteiger partial charge in [0.1, 0.15) is 5.82 Å². The fourth-order valence-electron chi connectivity index (χ4n) is 1.24. The third kappa shape index (κ3) is 4.60. The van der Waals surface area contributed by atoms with Gasteiger partial charge < -0.3 is 10.4 Å². The Balaban J connectivity index is 2.28. The van der Waals surface area contributed by atoms with Crippen LogP contribution < -0.4 is 5.32 Å². The first-order valence-electron chi connectivity index (χ1n) is 4.99. The summed E-state index contributed by atoms with van der Waals surface area (Å²) >= 11 is 5.56. The van der Waals surface area contributed by atoms with Crippen LogP contribution in [0.25, 0.3) is 0 Å². The van der Waals surface area contributed by atoms with Gasteiger partial charge in [0.05, 0.1) is 5.02 Å². The largest absolute Gasteiger partial charge is 0.396 e. The highest BCUT2D eigenvalue weighted by molar-refractivity contribution is 6.30. The van der Waals surface area contributed by atoms with Gasteiger partial charge in [-0.1, -0.05) is 17.7 Å². The average Bonchev–Trinajstić information content (AvgIpc) is 2.23. The van der Waals surface area contributed by atoms with Gasteiger partial charge in [-0.2, -0.15) is 0 Å². The molecule has 0 bridgehead atoms. The number of halogens is 2. The molecule has 1 aromatic rings. The average molecular weight is 232 g/mol. The van der Waals surface area contributed by atoms with Crippen molar-refractivity contribution in [3.05, 3.63) is 34.6 Å². The topological polar surface area (TPSA) is 32.3 Å². The zero-order valence-corrected chi connectivity index (χ0v) is 9.23. The van der Waals surface area contributed by atoms with E-state index >= 15 is 0 Å². The number of hydrogen-bond donors (Lipinski definition) is 2. The summed E-state index contributed by atoms with van der Waals surface area (Å²) in [5.41, 5.74) is 0.876. The lowest BCUT2D eigenvalue weighted by atomic mass is 10.2. The Morgan fingerprint density at radius 3 is 2.80 bits per heavy atom. The summed E-state index contributed by atoms with van der Waals surface area (Å²) in [6.45, 7) is 1.67. The fraction of sp³-hybridized carbons (Fsp3) is 0.455. The van der Waals surface area contributed by atoms with Gasteiger partial charge in [-0.15, -0.1) is 0 Å². The fourth-order valence-corrected chi connectivity index (χ4v) is 1.36. The van der Waals surface area contributed by atoms with Gasteiger partial charge in [0.2, 0.25) is 0 Å². The minimum Gasteiger partial charge on any atom is -0.396 e. The number of aliphatic hydroxyl groups is 1. The van der Waals surface area contributed by atoms with Crippen molar-refractivity contribution < 1.29 is 9.50 Å². The van der Waals surface area contributed by atoms with Crippen LogP contribution in [0.3, 0.4) is 0 Å². The second-order valence-electron chi connectivity index (χ2n) is 3.36. The van der Waals surface area contributed by atoms with Crippen LogP contribution in [-0.2, 0) is 6.54 Å². The summed E-state index contributed by atoms with van der Waals surface area (Å²) in [5, 5.41) is 11.9. The first-order chi connectivity index (χ1) is 7.24. The molecule has 0 aliphatic heterocycles. The van der Waals surface area contributed by atoms with Crippen LogP contribution in [0.4, 0.5) is 4.39 Å². The van der Waals surface area contributed by atoms with Gasteiger partial charge in [-0.05, 0) is 37.1 Å². The summed E-state index contributed by atoms with van der Waals surface area (Å²) in [6, 6.07) is 4.79. The molecule has 0 aliphatic rings. The molecule has 0 spiro atoms. The second kappa shape index (κ2) is 6.77. The van der Waals surface area contributed by atoms with E-state index < -0.39 is 0 Å². The third-order valence-corrected chi connectivity index (χ3v) is 2.38. The number of rotatable bonds is 6. The minimum atomic E-state index is -0.383. The molecule has 0 atom stereocenters. The molecule has 2 nitrogen and oxygen atoms in total. The van der Waals surface area contributed by atoms with Crippen molar-refractivity contribution in [1.82, 2.24) is 5.32 Å². The molecule has 2 N–H and O–H groups in total. The number of aliphatic hydroxyl groups excluding tert-OH is 1. The van der Waals surface area contributed by atoms with Crippen LogP contribution in [0.15, 0.2) is 18.2 Å². The molecule has 0 saturated carbocycles. The molecule has 1 rings (SSSR count). The van der Waals surface area contributed by atoms with Crippen LogP contribution in [0.2, 0.25) is 5.02 Å². The van der Waals surface area contributed by atoms with E-state index in [1.165, 1.54) is 6.07 Å². The van der Waals surface area contributed by atoms with E-state index in [9.17, 15) is 4.39 Å². The van der Waals surface area contributed by atoms with Gasteiger partial charge in [-0.25, -0.2) is 4.39 Å². The van der Waals surface area contributed by atoms with E-state index in [0.29, 0.717) is 6.54 Å². The molecule has 0 fully saturated rings. The molecule has 0 radical (unpaired) electrons. The summed E-state index contributed by atoms with van der Waals surface area (Å²) in [6.07, 6.45) is 1.72. The lowest BCUT2D eigenvalue weighted by molar-refractivity contribution is 0.283. The molecule has 84 valence electrons. The van der Waals surface area contributed by atoms with E-state index in [-0.39, 0.29) is 17.4 Å². The number of unbranched alkanes of at least 4 members (excludes halogenated alkanes) is 1. The third-order valence-electron chi connectivity index (χ3n) is 2.07. The molecule has 0 saturated heterocycles. The Labute approximate surface area is 94.1 Å². The van der Waals surface area contributed by atoms with Crippen molar-refractivity contribution in [2.75, 3.05) is 13.2 Å². The first kappa shape index (κ1) is 12.4. The smallest absolute Gasteiger partial charge is 0.142 e. The Kier molecular flexibility index (Phi) is 5.61. The molecular weight excluding hydrogens is 217 g/mol. The van der Waals surface area contributed by atoms with E-state index in [0.717, 1.165) is 24.9 Å². The van der Waals surface area contributed by atoms with Crippen molar-refractivity contribution in [3.8, 4) is 0 Å². The lowest BCUT2D eigenvalue weighted by Crippen LogP contribution is -2.15. The highest BCUT2D eigenvalue weighted by Crippen LogP contribution is 2.15. The first-order valence-corrected chi connectivity index (χ1v) is 5.37. The number of benzene rings is 1. The van der Waals surface area contributed by atoms with Crippen molar-refractivity contribution in [2.24, 2.45) is 0 Å². The van der Waals surface area contributed by atoms with Gasteiger partial charge in [0, 0.05) is 13.2 Å². The molecule has 0 heterocycles. The highest BCUT2D eigenvalue weighted by atomic mass is 35.5. The molecule has 1 aromatic carbocycles. The van der Waals surface area contributed by atoms with Crippen molar-refractivity contribution in [1.29, 1.82) is 0 Å². The molecule has 15 heavy (non-hydrogen) atoms. The highest BCUT2D eigenvalue weighted by Gasteiger charge is 2.00. The maximum atomic E-state index is 13.0. The Hall–Kier alpha value is -0.640. The second-order valence-corrected chi connectivity index (χ2v) is 3.76. The van der Waals surface area contributed by atoms with Gasteiger partial charge in [0.15, 0.2) is 0 Å². The summed E-state index contributed by atoms with van der Waals surface area (Å²) < 4.78 is 13.0. The van der Waals surface area contributed by atoms with Crippen molar-refractivity contribution in [2.45, 2.75) is 19.4 Å². The SMILES string of the molecule is OCCCCNCc1ccc(Cl)c(F)c1. The maximum absolute atomic E-state index is 13.0. The van der Waals surface area contributed by atoms with Gasteiger partial charge in [-0.3, -0.25) is 0 Å². The number of hydrogen-bond acceptors (Lipinski definition) is 2. The van der Waals surface area contributed by atoms with E-state index in [1.807, 2.05) is 0 Å². The quantitative estimate of drug-likeness (QED) is 0.737. The maximum Gasteiger partial charge on any atom is 0.142 e. The van der Waals surface area contributed by atoms with Gasteiger partial charge in [0.25, 0.3) is 0 Å². The zero-order valence-electron chi connectivity index (χ0n) is 8.47. The van der Waals surface area contributed by atoms with Crippen LogP contribution in [0.5, 0.6) is 0 Å². The van der Waals surface area contributed by atoms with Gasteiger partial charge >= 0.3 is 0 Å². The molecule has 0 amide bonds. The molecule has 4 heteroatoms. The van der Waals surface area contributed by atoms with Crippen LogP contribution in [-0.4, -0.2) is 18.3 Å². The van der Waals surface area contributed by atoms with E-state index in [1.54, 1.807) is 12.1 Å². The van der Waals surface area contributed by atoms with Crippen LogP contribution in [0.1, 0.15) is 18.4 Å². The standard InChI is InChI=1S/C11H15ClFNO/c12-10-4-3-9(7-11(10)13)8-14-5-1-2-6-15/h3-4,7,14-15H,1-2,5-6,8H2. The van der Waals surface area contributed by atoms with Crippen LogP contribution in [0, 0.1) is 5.82 Å². The van der Waals surface area contributed by atoms with Crippen molar-refractivity contribution in [3.63, 3.8) is 0 Å². The Morgan fingerprint density at radius 1 is 1.33 bits per heavy atom. The zero-order chi connectivity index (χ0) is 11.1. The summed E-state index contributed by atoms with van der Waals surface area (Å²) in [5.74, 6) is -0.383. The molecule has 0 unspecified atom stereocenters. The lowest BCUT2D eigenvalue weighted by Gasteiger charge is -2.04. The Bertz CT molecular complexity index is 307. The normalized spacial score (nSPS) is 10.6. The molecular formula is C11H15ClFNO. The van der Waals surface area contributed by atoms with E-state index in [2.05, 4.69) is 5.32 Å². The number of nitrogens with one attached hydrogen (secondary N) is 1. The van der Waals surface area contributed by atoms with Crippen molar-refractivity contribution >= 4 is 11.6 Å². The summed E-state index contributed by atoms with van der Waals surface area (Å²) in [7, 11) is 0.